The second-order valence-electron chi connectivity index (χ2n) is 7.32. The third-order valence-electron chi connectivity index (χ3n) is 5.16. The van der Waals surface area contributed by atoms with Crippen LogP contribution in [0.25, 0.3) is 0 Å². The lowest BCUT2D eigenvalue weighted by Crippen LogP contribution is -2.44. The van der Waals surface area contributed by atoms with Gasteiger partial charge in [-0.1, -0.05) is 35.9 Å². The number of nitrogens with one attached hydrogen (secondary N) is 3. The summed E-state index contributed by atoms with van der Waals surface area (Å²) in [6.45, 7) is 3.07. The number of rotatable bonds is 8. The number of sulfonamides is 1. The molecule has 6 nitrogen and oxygen atoms in total. The minimum atomic E-state index is -3.54. The quantitative estimate of drug-likeness (QED) is 0.206. The van der Waals surface area contributed by atoms with Crippen LogP contribution in [-0.4, -0.2) is 41.1 Å². The van der Waals surface area contributed by atoms with Crippen molar-refractivity contribution in [1.29, 1.82) is 0 Å². The van der Waals surface area contributed by atoms with Crippen LogP contribution in [0.3, 0.4) is 0 Å². The molecule has 0 atom stereocenters. The third kappa shape index (κ3) is 6.14. The number of guanidine groups is 1. The molecule has 2 aromatic rings. The molecular weight excluding hydrogens is 518 g/mol. The van der Waals surface area contributed by atoms with Gasteiger partial charge in [0.2, 0.25) is 10.0 Å². The Hall–Kier alpha value is -1.72. The van der Waals surface area contributed by atoms with Crippen molar-refractivity contribution in [1.82, 2.24) is 15.4 Å². The summed E-state index contributed by atoms with van der Waals surface area (Å²) in [6.07, 6.45) is 1.85. The van der Waals surface area contributed by atoms with Gasteiger partial charge >= 0.3 is 0 Å². The molecule has 30 heavy (non-hydrogen) atoms. The smallest absolute Gasteiger partial charge is 0.240 e. The molecule has 3 rings (SSSR count). The highest BCUT2D eigenvalue weighted by Crippen LogP contribution is 2.48. The van der Waals surface area contributed by atoms with Gasteiger partial charge in [-0.25, -0.2) is 17.5 Å². The minimum absolute atomic E-state index is 0. The molecule has 9 heteroatoms. The van der Waals surface area contributed by atoms with Crippen LogP contribution in [0.1, 0.15) is 24.0 Å². The van der Waals surface area contributed by atoms with E-state index in [1.165, 1.54) is 6.07 Å². The standard InChI is InChI=1S/C21H27FN4O2S.HI/c1-16-7-9-17(10-8-16)29(27,28)26-14-13-24-20(23-2)25-15-21(11-12-21)18-5-3-4-6-19(18)22;/h3-10,26H,11-15H2,1-2H3,(H2,23,24,25);1H. The van der Waals surface area contributed by atoms with Gasteiger partial charge in [0.25, 0.3) is 0 Å². The van der Waals surface area contributed by atoms with E-state index in [4.69, 9.17) is 0 Å². The van der Waals surface area contributed by atoms with E-state index in [2.05, 4.69) is 20.3 Å². The van der Waals surface area contributed by atoms with Crippen LogP contribution < -0.4 is 15.4 Å². The van der Waals surface area contributed by atoms with E-state index in [-0.39, 0.29) is 46.6 Å². The SMILES string of the molecule is CN=C(NCCNS(=O)(=O)c1ccc(C)cc1)NCC1(c2ccccc2F)CC1.I. The third-order valence-corrected chi connectivity index (χ3v) is 6.63. The zero-order valence-corrected chi connectivity index (χ0v) is 20.3. The summed E-state index contributed by atoms with van der Waals surface area (Å²) >= 11 is 0. The van der Waals surface area contributed by atoms with Crippen molar-refractivity contribution in [3.63, 3.8) is 0 Å². The van der Waals surface area contributed by atoms with E-state index in [9.17, 15) is 12.8 Å². The predicted molar refractivity (Wildman–Crippen MR) is 128 cm³/mol. The lowest BCUT2D eigenvalue weighted by Gasteiger charge is -2.19. The molecule has 0 saturated heterocycles. The Bertz CT molecular complexity index is 977. The highest BCUT2D eigenvalue weighted by Gasteiger charge is 2.45. The monoisotopic (exact) mass is 546 g/mol. The molecule has 0 amide bonds. The Kier molecular flexibility index (Phi) is 8.62. The number of aryl methyl sites for hydroxylation is 1. The first-order valence-electron chi connectivity index (χ1n) is 9.62. The predicted octanol–water partition coefficient (Wildman–Crippen LogP) is 2.93. The van der Waals surface area contributed by atoms with Crippen molar-refractivity contribution in [2.75, 3.05) is 26.7 Å². The lowest BCUT2D eigenvalue weighted by molar-refractivity contribution is 0.559. The van der Waals surface area contributed by atoms with Gasteiger partial charge in [0.05, 0.1) is 4.90 Å². The summed E-state index contributed by atoms with van der Waals surface area (Å²) in [7, 11) is -1.89. The van der Waals surface area contributed by atoms with E-state index in [1.54, 1.807) is 37.4 Å². The highest BCUT2D eigenvalue weighted by atomic mass is 127. The van der Waals surface area contributed by atoms with Crippen molar-refractivity contribution in [2.24, 2.45) is 4.99 Å². The van der Waals surface area contributed by atoms with Crippen LogP contribution in [0.15, 0.2) is 58.4 Å². The first-order chi connectivity index (χ1) is 13.9. The van der Waals surface area contributed by atoms with Gasteiger partial charge < -0.3 is 10.6 Å². The van der Waals surface area contributed by atoms with E-state index < -0.39 is 10.0 Å². The van der Waals surface area contributed by atoms with Crippen molar-refractivity contribution in [3.05, 3.63) is 65.5 Å². The fourth-order valence-corrected chi connectivity index (χ4v) is 4.26. The molecule has 1 saturated carbocycles. The molecule has 0 radical (unpaired) electrons. The maximum Gasteiger partial charge on any atom is 0.240 e. The second kappa shape index (κ2) is 10.5. The molecule has 164 valence electrons. The summed E-state index contributed by atoms with van der Waals surface area (Å²) in [4.78, 5) is 4.40. The molecule has 1 fully saturated rings. The summed E-state index contributed by atoms with van der Waals surface area (Å²) in [5.74, 6) is 0.377. The van der Waals surface area contributed by atoms with Gasteiger partial charge in [-0.05, 0) is 43.5 Å². The Labute approximate surface area is 194 Å². The highest BCUT2D eigenvalue weighted by molar-refractivity contribution is 14.0. The Morgan fingerprint density at radius 3 is 2.33 bits per heavy atom. The minimum Gasteiger partial charge on any atom is -0.356 e. The average molecular weight is 546 g/mol. The van der Waals surface area contributed by atoms with E-state index in [1.807, 2.05) is 19.1 Å². The number of halogens is 2. The van der Waals surface area contributed by atoms with E-state index >= 15 is 0 Å². The van der Waals surface area contributed by atoms with Gasteiger partial charge in [-0.3, -0.25) is 4.99 Å². The van der Waals surface area contributed by atoms with Gasteiger partial charge in [-0.2, -0.15) is 0 Å². The molecule has 0 heterocycles. The second-order valence-corrected chi connectivity index (χ2v) is 9.09. The van der Waals surface area contributed by atoms with Gasteiger partial charge in [0, 0.05) is 32.1 Å². The van der Waals surface area contributed by atoms with Gasteiger partial charge in [-0.15, -0.1) is 24.0 Å². The van der Waals surface area contributed by atoms with E-state index in [0.29, 0.717) is 19.0 Å². The molecule has 0 aromatic heterocycles. The van der Waals surface area contributed by atoms with Crippen LogP contribution >= 0.6 is 24.0 Å². The maximum absolute atomic E-state index is 14.1. The molecule has 0 unspecified atom stereocenters. The largest absolute Gasteiger partial charge is 0.356 e. The fraction of sp³-hybridized carbons (Fsp3) is 0.381. The molecule has 3 N–H and O–H groups in total. The average Bonchev–Trinajstić information content (AvgIpc) is 3.49. The normalized spacial score (nSPS) is 15.2. The summed E-state index contributed by atoms with van der Waals surface area (Å²) in [6, 6.07) is 13.6. The zero-order chi connectivity index (χ0) is 20.9. The molecule has 0 bridgehead atoms. The Morgan fingerprint density at radius 2 is 1.73 bits per heavy atom. The van der Waals surface area contributed by atoms with Crippen LogP contribution in [0.4, 0.5) is 4.39 Å². The van der Waals surface area contributed by atoms with Crippen LogP contribution in [0.2, 0.25) is 0 Å². The summed E-state index contributed by atoms with van der Waals surface area (Å²) in [5.41, 5.74) is 1.54. The first-order valence-corrected chi connectivity index (χ1v) is 11.1. The molecule has 0 aliphatic heterocycles. The van der Waals surface area contributed by atoms with Crippen molar-refractivity contribution in [3.8, 4) is 0 Å². The van der Waals surface area contributed by atoms with Crippen molar-refractivity contribution < 1.29 is 12.8 Å². The van der Waals surface area contributed by atoms with E-state index in [0.717, 1.165) is 24.0 Å². The van der Waals surface area contributed by atoms with Crippen LogP contribution in [0.5, 0.6) is 0 Å². The number of benzene rings is 2. The topological polar surface area (TPSA) is 82.6 Å². The summed E-state index contributed by atoms with van der Waals surface area (Å²) in [5, 5.41) is 6.32. The number of hydrogen-bond acceptors (Lipinski definition) is 3. The van der Waals surface area contributed by atoms with Gasteiger partial charge in [0.1, 0.15) is 5.82 Å². The zero-order valence-electron chi connectivity index (χ0n) is 17.1. The van der Waals surface area contributed by atoms with Crippen molar-refractivity contribution in [2.45, 2.75) is 30.1 Å². The fourth-order valence-electron chi connectivity index (χ4n) is 3.22. The number of hydrogen-bond donors (Lipinski definition) is 3. The number of aliphatic imine (C=N–C) groups is 1. The molecular formula is C21H28FIN4O2S. The first kappa shape index (κ1) is 24.5. The van der Waals surface area contributed by atoms with Crippen LogP contribution in [0, 0.1) is 12.7 Å². The summed E-state index contributed by atoms with van der Waals surface area (Å²) < 4.78 is 41.3. The maximum atomic E-state index is 14.1. The molecule has 1 aliphatic rings. The Balaban J connectivity index is 0.00000320. The molecule has 0 spiro atoms. The van der Waals surface area contributed by atoms with Crippen LogP contribution in [-0.2, 0) is 15.4 Å². The Morgan fingerprint density at radius 1 is 1.07 bits per heavy atom. The molecule has 1 aliphatic carbocycles. The lowest BCUT2D eigenvalue weighted by atomic mass is 9.95. The number of nitrogens with zero attached hydrogens (tertiary/aromatic N) is 1. The van der Waals surface area contributed by atoms with Gasteiger partial charge in [0.15, 0.2) is 5.96 Å². The molecule has 2 aromatic carbocycles. The van der Waals surface area contributed by atoms with Crippen molar-refractivity contribution >= 4 is 40.0 Å².